The Balaban J connectivity index is 1.24. The van der Waals surface area contributed by atoms with Gasteiger partial charge in [-0.3, -0.25) is 9.80 Å². The molecular formula is C34H50BrF2N5O4Si. The van der Waals surface area contributed by atoms with E-state index >= 15 is 4.39 Å². The molecule has 0 N–H and O–H groups in total. The van der Waals surface area contributed by atoms with E-state index in [1.54, 1.807) is 0 Å². The Hall–Kier alpha value is -2.09. The summed E-state index contributed by atoms with van der Waals surface area (Å²) in [6.07, 6.45) is 5.42. The molecule has 2 bridgehead atoms. The lowest BCUT2D eigenvalue weighted by Gasteiger charge is -2.42. The summed E-state index contributed by atoms with van der Waals surface area (Å²) in [5.74, 6) is -1.08. The molecule has 2 unspecified atom stereocenters. The predicted octanol–water partition coefficient (Wildman–Crippen LogP) is 7.66. The van der Waals surface area contributed by atoms with Gasteiger partial charge in [-0.05, 0) is 106 Å². The minimum absolute atomic E-state index is 0.00745. The van der Waals surface area contributed by atoms with Gasteiger partial charge in [0, 0.05) is 31.1 Å². The molecule has 4 fully saturated rings. The first kappa shape index (κ1) is 34.8. The molecule has 6 rings (SSSR count). The second-order valence-corrected chi connectivity index (χ2v) is 22.1. The number of piperazine rings is 1. The van der Waals surface area contributed by atoms with Crippen molar-refractivity contribution in [3.63, 3.8) is 0 Å². The fraction of sp³-hybridized carbons (Fsp3) is 0.735. The molecule has 47 heavy (non-hydrogen) atoms. The number of nitrogens with zero attached hydrogens (tertiary/aromatic N) is 5. The SMILES string of the molecule is CC(C)(C)OC(=O)N1[C@@H]2CC[C@H]1CN(c1nc(OCC34CCCN3C(CO[Si](C)(C)C(C)(C)C)CC4)nc3c(F)c(Br)c(F)cc13)C2. The molecule has 0 aliphatic carbocycles. The van der Waals surface area contributed by atoms with Crippen LogP contribution >= 0.6 is 15.9 Å². The molecule has 9 nitrogen and oxygen atoms in total. The molecule has 13 heteroatoms. The van der Waals surface area contributed by atoms with E-state index in [2.05, 4.69) is 59.7 Å². The van der Waals surface area contributed by atoms with Crippen LogP contribution in [-0.2, 0) is 9.16 Å². The third-order valence-corrected chi connectivity index (χ3v) is 16.3. The normalized spacial score (nSPS) is 26.7. The van der Waals surface area contributed by atoms with Crippen LogP contribution in [0.4, 0.5) is 19.4 Å². The van der Waals surface area contributed by atoms with Gasteiger partial charge >= 0.3 is 12.1 Å². The van der Waals surface area contributed by atoms with Gasteiger partial charge in [-0.1, -0.05) is 20.8 Å². The van der Waals surface area contributed by atoms with Crippen molar-refractivity contribution < 1.29 is 27.5 Å². The number of rotatable bonds is 7. The molecule has 4 saturated heterocycles. The topological polar surface area (TPSA) is 80.3 Å². The number of hydrogen-bond donors (Lipinski definition) is 0. The zero-order valence-corrected chi connectivity index (χ0v) is 31.7. The van der Waals surface area contributed by atoms with Crippen LogP contribution in [0.5, 0.6) is 6.01 Å². The number of hydrogen-bond acceptors (Lipinski definition) is 8. The minimum atomic E-state index is -1.88. The van der Waals surface area contributed by atoms with Gasteiger partial charge in [0.15, 0.2) is 14.1 Å². The van der Waals surface area contributed by atoms with E-state index in [-0.39, 0.29) is 50.1 Å². The number of ether oxygens (including phenoxy) is 2. The summed E-state index contributed by atoms with van der Waals surface area (Å²) in [6, 6.07) is 1.49. The number of anilines is 1. The molecule has 1 aromatic heterocycles. The van der Waals surface area contributed by atoms with Gasteiger partial charge in [-0.2, -0.15) is 9.97 Å². The van der Waals surface area contributed by atoms with Gasteiger partial charge in [0.2, 0.25) is 0 Å². The highest BCUT2D eigenvalue weighted by molar-refractivity contribution is 9.10. The first-order chi connectivity index (χ1) is 21.9. The van der Waals surface area contributed by atoms with Crippen molar-refractivity contribution in [2.24, 2.45) is 0 Å². The molecule has 0 spiro atoms. The first-order valence-electron chi connectivity index (χ1n) is 17.0. The molecule has 1 amide bonds. The second-order valence-electron chi connectivity index (χ2n) is 16.5. The fourth-order valence-corrected chi connectivity index (χ4v) is 8.98. The predicted molar refractivity (Wildman–Crippen MR) is 185 cm³/mol. The summed E-state index contributed by atoms with van der Waals surface area (Å²) in [7, 11) is -1.88. The number of fused-ring (bicyclic) bond motifs is 4. The van der Waals surface area contributed by atoms with Crippen LogP contribution in [0.2, 0.25) is 18.1 Å². The van der Waals surface area contributed by atoms with E-state index in [1.165, 1.54) is 6.07 Å². The van der Waals surface area contributed by atoms with E-state index < -0.39 is 25.6 Å². The smallest absolute Gasteiger partial charge is 0.410 e. The zero-order chi connectivity index (χ0) is 34.1. The number of amides is 1. The fourth-order valence-electron chi connectivity index (χ4n) is 7.64. The van der Waals surface area contributed by atoms with Crippen LogP contribution in [0.25, 0.3) is 10.9 Å². The maximum Gasteiger partial charge on any atom is 0.410 e. The van der Waals surface area contributed by atoms with E-state index in [0.717, 1.165) is 51.7 Å². The Morgan fingerprint density at radius 3 is 2.38 bits per heavy atom. The van der Waals surface area contributed by atoms with Crippen LogP contribution in [0.3, 0.4) is 0 Å². The highest BCUT2D eigenvalue weighted by Crippen LogP contribution is 2.45. The Morgan fingerprint density at radius 1 is 1.06 bits per heavy atom. The average Bonchev–Trinajstić information content (AvgIpc) is 3.62. The Labute approximate surface area is 287 Å². The summed E-state index contributed by atoms with van der Waals surface area (Å²) in [5, 5.41) is 0.432. The molecular weight excluding hydrogens is 688 g/mol. The number of aromatic nitrogens is 2. The molecule has 4 atom stereocenters. The molecule has 260 valence electrons. The monoisotopic (exact) mass is 737 g/mol. The molecule has 4 aliphatic rings. The lowest BCUT2D eigenvalue weighted by Crippen LogP contribution is -2.57. The van der Waals surface area contributed by atoms with Crippen LogP contribution in [-0.4, -0.2) is 96.3 Å². The van der Waals surface area contributed by atoms with Gasteiger partial charge in [0.05, 0.1) is 22.1 Å². The molecule has 2 aromatic rings. The highest BCUT2D eigenvalue weighted by atomic mass is 79.9. The first-order valence-corrected chi connectivity index (χ1v) is 20.7. The summed E-state index contributed by atoms with van der Waals surface area (Å²) in [6.45, 7) is 20.0. The van der Waals surface area contributed by atoms with E-state index in [9.17, 15) is 9.18 Å². The Bertz CT molecular complexity index is 1520. The van der Waals surface area contributed by atoms with Crippen LogP contribution in [0, 0.1) is 11.6 Å². The molecule has 5 heterocycles. The number of carbonyl (C=O) groups is 1. The highest BCUT2D eigenvalue weighted by Gasteiger charge is 2.51. The third kappa shape index (κ3) is 6.62. The van der Waals surface area contributed by atoms with Crippen LogP contribution < -0.4 is 9.64 Å². The maximum atomic E-state index is 15.6. The second kappa shape index (κ2) is 12.3. The minimum Gasteiger partial charge on any atom is -0.461 e. The van der Waals surface area contributed by atoms with Gasteiger partial charge in [0.25, 0.3) is 0 Å². The van der Waals surface area contributed by atoms with Crippen LogP contribution in [0.1, 0.15) is 80.1 Å². The summed E-state index contributed by atoms with van der Waals surface area (Å²) < 4.78 is 49.0. The average molecular weight is 739 g/mol. The Morgan fingerprint density at radius 2 is 1.74 bits per heavy atom. The Kier molecular flexibility index (Phi) is 9.13. The van der Waals surface area contributed by atoms with Gasteiger partial charge in [-0.15, -0.1) is 0 Å². The van der Waals surface area contributed by atoms with E-state index in [1.807, 2.05) is 30.6 Å². The summed E-state index contributed by atoms with van der Waals surface area (Å²) >= 11 is 3.06. The van der Waals surface area contributed by atoms with Gasteiger partial charge in [0.1, 0.15) is 29.4 Å². The molecule has 0 saturated carbocycles. The van der Waals surface area contributed by atoms with Crippen molar-refractivity contribution >= 4 is 47.1 Å². The van der Waals surface area contributed by atoms with Crippen molar-refractivity contribution in [2.45, 2.75) is 127 Å². The number of carbonyl (C=O) groups excluding carboxylic acids is 1. The molecule has 0 radical (unpaired) electrons. The van der Waals surface area contributed by atoms with Crippen molar-refractivity contribution in [3.05, 3.63) is 22.2 Å². The zero-order valence-electron chi connectivity index (χ0n) is 29.1. The summed E-state index contributed by atoms with van der Waals surface area (Å²) in [4.78, 5) is 28.8. The standard InChI is InChI=1S/C34H50BrF2N5O4Si/c1-32(2,3)46-31(43)42-21-10-11-22(42)18-40(17-21)29-24-16-25(36)26(35)27(37)28(24)38-30(39-29)44-20-34-13-9-15-41(34)23(12-14-34)19-45-47(7,8)33(4,5)6/h16,21-23H,9-15,17-20H2,1-8H3/t21-,22+,23?,34?. The number of benzene rings is 1. The summed E-state index contributed by atoms with van der Waals surface area (Å²) in [5.41, 5.74) is -0.746. The number of halogens is 3. The molecule has 4 aliphatic heterocycles. The van der Waals surface area contributed by atoms with Crippen LogP contribution in [0.15, 0.2) is 10.5 Å². The maximum absolute atomic E-state index is 15.6. The lowest BCUT2D eigenvalue weighted by molar-refractivity contribution is 0.0122. The van der Waals surface area contributed by atoms with Crippen molar-refractivity contribution in [1.82, 2.24) is 19.8 Å². The van der Waals surface area contributed by atoms with Gasteiger partial charge < -0.3 is 18.8 Å². The van der Waals surface area contributed by atoms with E-state index in [0.29, 0.717) is 31.6 Å². The quantitative estimate of drug-likeness (QED) is 0.212. The van der Waals surface area contributed by atoms with E-state index in [4.69, 9.17) is 18.9 Å². The lowest BCUT2D eigenvalue weighted by atomic mass is 9.95. The largest absolute Gasteiger partial charge is 0.461 e. The van der Waals surface area contributed by atoms with Gasteiger partial charge in [-0.25, -0.2) is 13.6 Å². The van der Waals surface area contributed by atoms with Crippen molar-refractivity contribution in [2.75, 3.05) is 37.7 Å². The molecule has 1 aromatic carbocycles. The van der Waals surface area contributed by atoms with Crippen molar-refractivity contribution in [1.29, 1.82) is 0 Å². The third-order valence-electron chi connectivity index (χ3n) is 11.1. The van der Waals surface area contributed by atoms with Crippen molar-refractivity contribution in [3.8, 4) is 6.01 Å².